The van der Waals surface area contributed by atoms with E-state index in [9.17, 15) is 23.8 Å². The summed E-state index contributed by atoms with van der Waals surface area (Å²) in [6.07, 6.45) is 0.333. The topological polar surface area (TPSA) is 91.3 Å². The number of ether oxygens (including phenoxy) is 2. The molecule has 3 atom stereocenters. The first-order valence-electron chi connectivity index (χ1n) is 11.8. The molecular weight excluding hydrogens is 446 g/mol. The summed E-state index contributed by atoms with van der Waals surface area (Å²) in [4.78, 5) is 15.5. The number of hydrogen-bond donors (Lipinski definition) is 3. The van der Waals surface area contributed by atoms with Crippen molar-refractivity contribution >= 4 is 5.91 Å². The van der Waals surface area contributed by atoms with Crippen molar-refractivity contribution in [3.63, 3.8) is 0 Å². The van der Waals surface area contributed by atoms with Crippen molar-refractivity contribution in [3.8, 4) is 11.5 Å². The largest absolute Gasteiger partial charge is 0.586 e. The molecule has 0 aromatic heterocycles. The van der Waals surface area contributed by atoms with Crippen LogP contribution in [-0.2, 0) is 10.2 Å². The number of aliphatic hydroxyl groups is 2. The summed E-state index contributed by atoms with van der Waals surface area (Å²) in [5, 5.41) is 22.8. The minimum atomic E-state index is -3.70. The van der Waals surface area contributed by atoms with Crippen LogP contribution in [0.25, 0.3) is 0 Å². The van der Waals surface area contributed by atoms with E-state index in [-0.39, 0.29) is 48.1 Å². The third kappa shape index (κ3) is 4.60. The molecule has 7 nitrogen and oxygen atoms in total. The van der Waals surface area contributed by atoms with Gasteiger partial charge in [-0.05, 0) is 50.3 Å². The first-order valence-corrected chi connectivity index (χ1v) is 11.8. The minimum Gasteiger partial charge on any atom is -0.395 e. The number of aliphatic hydroxyl groups excluding tert-OH is 2. The van der Waals surface area contributed by atoms with Crippen LogP contribution in [0, 0.1) is 5.41 Å². The third-order valence-electron chi connectivity index (χ3n) is 7.06. The van der Waals surface area contributed by atoms with E-state index >= 15 is 0 Å². The van der Waals surface area contributed by atoms with E-state index in [1.165, 1.54) is 12.1 Å². The Balaban J connectivity index is 1.50. The molecule has 2 saturated carbocycles. The zero-order chi connectivity index (χ0) is 24.9. The molecule has 34 heavy (non-hydrogen) atoms. The Kier molecular flexibility index (Phi) is 6.31. The molecule has 2 aliphatic carbocycles. The van der Waals surface area contributed by atoms with Crippen molar-refractivity contribution in [2.45, 2.75) is 83.3 Å². The van der Waals surface area contributed by atoms with Gasteiger partial charge in [0.2, 0.25) is 5.91 Å². The fraction of sp³-hybridized carbons (Fsp3) is 0.640. The summed E-state index contributed by atoms with van der Waals surface area (Å²) in [5.74, 6) is -0.230. The minimum absolute atomic E-state index is 0.0122. The molecular formula is C25H34F2N2O5. The number of amides is 1. The van der Waals surface area contributed by atoms with E-state index in [4.69, 9.17) is 0 Å². The van der Waals surface area contributed by atoms with Gasteiger partial charge in [-0.1, -0.05) is 32.9 Å². The van der Waals surface area contributed by atoms with Crippen molar-refractivity contribution in [3.05, 3.63) is 35.5 Å². The number of carbonyl (C=O) groups excluding carboxylic acids is 1. The van der Waals surface area contributed by atoms with Crippen LogP contribution in [0.2, 0.25) is 0 Å². The Bertz CT molecular complexity index is 971. The quantitative estimate of drug-likeness (QED) is 0.529. The zero-order valence-electron chi connectivity index (χ0n) is 20.1. The number of benzene rings is 1. The molecule has 9 heteroatoms. The Morgan fingerprint density at radius 1 is 1.26 bits per heavy atom. The number of hydrogen-bond acceptors (Lipinski definition) is 6. The predicted molar refractivity (Wildman–Crippen MR) is 122 cm³/mol. The van der Waals surface area contributed by atoms with Crippen LogP contribution >= 0.6 is 0 Å². The van der Waals surface area contributed by atoms with Gasteiger partial charge in [0.1, 0.15) is 0 Å². The van der Waals surface area contributed by atoms with Gasteiger partial charge >= 0.3 is 6.29 Å². The summed E-state index contributed by atoms with van der Waals surface area (Å²) < 4.78 is 35.9. The highest BCUT2D eigenvalue weighted by molar-refractivity contribution is 5.91. The van der Waals surface area contributed by atoms with Gasteiger partial charge in [0.15, 0.2) is 11.5 Å². The van der Waals surface area contributed by atoms with Gasteiger partial charge in [-0.25, -0.2) is 0 Å². The zero-order valence-corrected chi connectivity index (χ0v) is 20.1. The molecule has 188 valence electrons. The van der Waals surface area contributed by atoms with Crippen molar-refractivity contribution in [1.82, 2.24) is 10.2 Å². The van der Waals surface area contributed by atoms with Crippen LogP contribution in [0.5, 0.6) is 11.5 Å². The number of halogens is 2. The standard InChI is InChI=1S/C25H34F2N2O5/c1-5-21(23(2,3)4)29(13-16(31)14-30)18-8-7-17(18)28-22(32)24(10-11-24)15-6-9-19-20(12-15)34-25(26,27)33-19/h5-6,9,12,16-18,30-31H,7-8,10-11,13-14H2,1-4H3,(H,28,32)/b21-5-/t16?,17-,18?/m0/s1. The third-order valence-corrected chi connectivity index (χ3v) is 7.06. The summed E-state index contributed by atoms with van der Waals surface area (Å²) in [7, 11) is 0. The highest BCUT2D eigenvalue weighted by Gasteiger charge is 2.54. The maximum absolute atomic E-state index is 13.4. The van der Waals surface area contributed by atoms with Gasteiger partial charge in [-0.15, -0.1) is 8.78 Å². The Hall–Kier alpha value is -2.39. The molecule has 2 unspecified atom stereocenters. The molecule has 1 aromatic carbocycles. The van der Waals surface area contributed by atoms with Gasteiger partial charge in [0, 0.05) is 29.7 Å². The molecule has 3 N–H and O–H groups in total. The predicted octanol–water partition coefficient (Wildman–Crippen LogP) is 3.29. The summed E-state index contributed by atoms with van der Waals surface area (Å²) in [6.45, 7) is 8.16. The molecule has 1 aromatic rings. The van der Waals surface area contributed by atoms with Gasteiger partial charge in [-0.3, -0.25) is 4.79 Å². The molecule has 0 saturated heterocycles. The highest BCUT2D eigenvalue weighted by Crippen LogP contribution is 2.52. The number of alkyl halides is 2. The number of allylic oxidation sites excluding steroid dienone is 2. The van der Waals surface area contributed by atoms with Crippen LogP contribution in [0.15, 0.2) is 30.0 Å². The lowest BCUT2D eigenvalue weighted by atomic mass is 9.80. The van der Waals surface area contributed by atoms with Crippen LogP contribution in [-0.4, -0.2) is 58.7 Å². The number of rotatable bonds is 8. The monoisotopic (exact) mass is 480 g/mol. The average molecular weight is 481 g/mol. The SMILES string of the molecule is C/C=C(\N(CC(O)CO)C1CC[C@@H]1NC(=O)C1(c2ccc3c(c2)OC(F)(F)O3)CC1)C(C)(C)C. The number of fused-ring (bicyclic) bond motifs is 1. The lowest BCUT2D eigenvalue weighted by Gasteiger charge is -2.50. The van der Waals surface area contributed by atoms with E-state index in [0.29, 0.717) is 18.4 Å². The van der Waals surface area contributed by atoms with Crippen LogP contribution in [0.1, 0.15) is 58.9 Å². The maximum atomic E-state index is 13.4. The fourth-order valence-electron chi connectivity index (χ4n) is 5.08. The van der Waals surface area contributed by atoms with E-state index in [1.807, 2.05) is 13.0 Å². The van der Waals surface area contributed by atoms with E-state index in [2.05, 4.69) is 40.5 Å². The number of nitrogens with one attached hydrogen (secondary N) is 1. The molecule has 4 rings (SSSR count). The smallest absolute Gasteiger partial charge is 0.395 e. The second-order valence-electron chi connectivity index (χ2n) is 10.5. The first-order chi connectivity index (χ1) is 15.9. The molecule has 2 fully saturated rings. The molecule has 1 aliphatic heterocycles. The lowest BCUT2D eigenvalue weighted by Crippen LogP contribution is -2.61. The van der Waals surface area contributed by atoms with Crippen LogP contribution in [0.4, 0.5) is 8.78 Å². The van der Waals surface area contributed by atoms with Gasteiger partial charge in [-0.2, -0.15) is 0 Å². The molecule has 1 heterocycles. The van der Waals surface area contributed by atoms with Gasteiger partial charge in [0.25, 0.3) is 0 Å². The van der Waals surface area contributed by atoms with Crippen molar-refractivity contribution < 1.29 is 33.3 Å². The summed E-state index contributed by atoms with van der Waals surface area (Å²) in [5.41, 5.74) is 0.735. The molecule has 1 amide bonds. The lowest BCUT2D eigenvalue weighted by molar-refractivity contribution is -0.286. The first kappa shape index (κ1) is 24.7. The molecule has 3 aliphatic rings. The Morgan fingerprint density at radius 2 is 1.94 bits per heavy atom. The van der Waals surface area contributed by atoms with E-state index in [1.54, 1.807) is 6.07 Å². The highest BCUT2D eigenvalue weighted by atomic mass is 19.3. The van der Waals surface area contributed by atoms with Crippen molar-refractivity contribution in [1.29, 1.82) is 0 Å². The van der Waals surface area contributed by atoms with Gasteiger partial charge < -0.3 is 29.9 Å². The Labute approximate surface area is 198 Å². The fourth-order valence-corrected chi connectivity index (χ4v) is 5.08. The van der Waals surface area contributed by atoms with Crippen LogP contribution < -0.4 is 14.8 Å². The van der Waals surface area contributed by atoms with Crippen molar-refractivity contribution in [2.75, 3.05) is 13.2 Å². The van der Waals surface area contributed by atoms with E-state index in [0.717, 1.165) is 18.5 Å². The average Bonchev–Trinajstić information content (AvgIpc) is 3.47. The van der Waals surface area contributed by atoms with Crippen molar-refractivity contribution in [2.24, 2.45) is 5.41 Å². The van der Waals surface area contributed by atoms with Crippen LogP contribution in [0.3, 0.4) is 0 Å². The normalized spacial score (nSPS) is 25.4. The molecule has 0 radical (unpaired) electrons. The molecule has 0 bridgehead atoms. The van der Waals surface area contributed by atoms with E-state index < -0.39 is 17.8 Å². The summed E-state index contributed by atoms with van der Waals surface area (Å²) in [6, 6.07) is 4.41. The number of nitrogens with zero attached hydrogens (tertiary/aromatic N) is 1. The second-order valence-corrected chi connectivity index (χ2v) is 10.5. The van der Waals surface area contributed by atoms with Gasteiger partial charge in [0.05, 0.1) is 18.1 Å². The summed E-state index contributed by atoms with van der Waals surface area (Å²) >= 11 is 0. The number of carbonyl (C=O) groups is 1. The Morgan fingerprint density at radius 3 is 2.47 bits per heavy atom. The second kappa shape index (κ2) is 8.68. The maximum Gasteiger partial charge on any atom is 0.586 e. The molecule has 0 spiro atoms.